The molecule has 0 amide bonds. The number of rotatable bonds is 6. The van der Waals surface area contributed by atoms with E-state index in [0.29, 0.717) is 5.92 Å². The van der Waals surface area contributed by atoms with Crippen LogP contribution in [0.3, 0.4) is 0 Å². The number of aromatic nitrogens is 1. The Morgan fingerprint density at radius 1 is 1.50 bits per heavy atom. The van der Waals surface area contributed by atoms with Crippen LogP contribution in [0.25, 0.3) is 5.57 Å². The quantitative estimate of drug-likeness (QED) is 0.788. The average Bonchev–Trinajstić information content (AvgIpc) is 2.74. The summed E-state index contributed by atoms with van der Waals surface area (Å²) in [6.07, 6.45) is 6.22. The Morgan fingerprint density at radius 2 is 2.22 bits per heavy atom. The van der Waals surface area contributed by atoms with Crippen molar-refractivity contribution in [1.82, 2.24) is 10.3 Å². The molecule has 3 heteroatoms. The lowest BCUT2D eigenvalue weighted by molar-refractivity contribution is 0.855. The fraction of sp³-hybridized carbons (Fsp3) is 0.400. The zero-order chi connectivity index (χ0) is 13.5. The highest BCUT2D eigenvalue weighted by Crippen LogP contribution is 2.29. The van der Waals surface area contributed by atoms with Crippen molar-refractivity contribution in [3.05, 3.63) is 46.5 Å². The first-order valence-electron chi connectivity index (χ1n) is 6.18. The summed E-state index contributed by atoms with van der Waals surface area (Å²) >= 11 is 1.71. The van der Waals surface area contributed by atoms with Crippen LogP contribution >= 0.6 is 11.3 Å². The van der Waals surface area contributed by atoms with Gasteiger partial charge in [-0.2, -0.15) is 0 Å². The number of nitrogens with one attached hydrogen (secondary N) is 1. The van der Waals surface area contributed by atoms with Gasteiger partial charge in [-0.25, -0.2) is 4.98 Å². The summed E-state index contributed by atoms with van der Waals surface area (Å²) in [4.78, 5) is 5.61. The molecule has 0 aliphatic rings. The van der Waals surface area contributed by atoms with E-state index in [0.717, 1.165) is 12.2 Å². The number of allylic oxidation sites excluding steroid dienone is 3. The van der Waals surface area contributed by atoms with E-state index >= 15 is 0 Å². The van der Waals surface area contributed by atoms with E-state index in [1.165, 1.54) is 16.0 Å². The van der Waals surface area contributed by atoms with Crippen LogP contribution in [0.4, 0.5) is 0 Å². The van der Waals surface area contributed by atoms with Gasteiger partial charge in [-0.3, -0.25) is 0 Å². The molecule has 0 spiro atoms. The van der Waals surface area contributed by atoms with Crippen molar-refractivity contribution in [3.63, 3.8) is 0 Å². The zero-order valence-corrected chi connectivity index (χ0v) is 12.5. The molecule has 0 saturated carbocycles. The van der Waals surface area contributed by atoms with Gasteiger partial charge in [0.2, 0.25) is 0 Å². The van der Waals surface area contributed by atoms with Gasteiger partial charge in [-0.1, -0.05) is 38.7 Å². The number of likely N-dealkylation sites (N-methyl/N-ethyl adjacent to an activating group) is 1. The van der Waals surface area contributed by atoms with Gasteiger partial charge in [0.15, 0.2) is 0 Å². The van der Waals surface area contributed by atoms with Gasteiger partial charge < -0.3 is 5.32 Å². The molecule has 0 bridgehead atoms. The highest BCUT2D eigenvalue weighted by molar-refractivity contribution is 7.10. The first kappa shape index (κ1) is 14.9. The number of hydrogen-bond acceptors (Lipinski definition) is 3. The summed E-state index contributed by atoms with van der Waals surface area (Å²) in [6.45, 7) is 11.2. The number of hydrogen-bond donors (Lipinski definition) is 1. The number of nitrogens with zero attached hydrogens (tertiary/aromatic N) is 1. The summed E-state index contributed by atoms with van der Waals surface area (Å²) in [5, 5.41) is 3.14. The standard InChI is InChI=1S/C15H22N2S/c1-6-13(9-16-5)7-8-14(11(2)3)15-12(4)17-10-18-15/h6-8,10-11,16H,1,9H2,2-5H3/b13-7+,14-8+. The SMILES string of the molecule is C=C/C(=C\C=C(\c1scnc1C)C(C)C)CNC. The third-order valence-electron chi connectivity index (χ3n) is 2.75. The van der Waals surface area contributed by atoms with Crippen LogP contribution in [0.2, 0.25) is 0 Å². The molecule has 0 saturated heterocycles. The zero-order valence-electron chi connectivity index (χ0n) is 11.7. The van der Waals surface area contributed by atoms with Crippen LogP contribution in [0.5, 0.6) is 0 Å². The molecule has 0 aromatic carbocycles. The van der Waals surface area contributed by atoms with E-state index in [-0.39, 0.29) is 0 Å². The monoisotopic (exact) mass is 262 g/mol. The Morgan fingerprint density at radius 3 is 2.67 bits per heavy atom. The highest BCUT2D eigenvalue weighted by Gasteiger charge is 2.10. The molecule has 0 fully saturated rings. The molecule has 0 aliphatic heterocycles. The van der Waals surface area contributed by atoms with Gasteiger partial charge >= 0.3 is 0 Å². The predicted molar refractivity (Wildman–Crippen MR) is 81.9 cm³/mol. The topological polar surface area (TPSA) is 24.9 Å². The smallest absolute Gasteiger partial charge is 0.0801 e. The maximum Gasteiger partial charge on any atom is 0.0801 e. The van der Waals surface area contributed by atoms with Gasteiger partial charge in [-0.15, -0.1) is 11.3 Å². The molecule has 2 nitrogen and oxygen atoms in total. The van der Waals surface area contributed by atoms with Gasteiger partial charge in [0.1, 0.15) is 0 Å². The minimum atomic E-state index is 0.487. The number of thiazole rings is 1. The Kier molecular flexibility index (Phi) is 6.02. The van der Waals surface area contributed by atoms with Crippen LogP contribution < -0.4 is 5.32 Å². The van der Waals surface area contributed by atoms with Crippen LogP contribution in [0.15, 0.2) is 35.9 Å². The maximum atomic E-state index is 4.33. The highest BCUT2D eigenvalue weighted by atomic mass is 32.1. The summed E-state index contributed by atoms with van der Waals surface area (Å²) in [7, 11) is 1.94. The van der Waals surface area contributed by atoms with Crippen molar-refractivity contribution in [2.75, 3.05) is 13.6 Å². The predicted octanol–water partition coefficient (Wildman–Crippen LogP) is 3.82. The third-order valence-corrected chi connectivity index (χ3v) is 3.73. The van der Waals surface area contributed by atoms with Gasteiger partial charge in [0.25, 0.3) is 0 Å². The molecule has 1 aromatic rings. The van der Waals surface area contributed by atoms with Crippen molar-refractivity contribution >= 4 is 16.9 Å². The Balaban J connectivity index is 3.06. The molecule has 0 unspecified atom stereocenters. The van der Waals surface area contributed by atoms with Crippen molar-refractivity contribution in [3.8, 4) is 0 Å². The van der Waals surface area contributed by atoms with E-state index < -0.39 is 0 Å². The van der Waals surface area contributed by atoms with Crippen molar-refractivity contribution in [2.45, 2.75) is 20.8 Å². The molecular weight excluding hydrogens is 240 g/mol. The lowest BCUT2D eigenvalue weighted by Gasteiger charge is -2.09. The minimum absolute atomic E-state index is 0.487. The fourth-order valence-electron chi connectivity index (χ4n) is 1.71. The summed E-state index contributed by atoms with van der Waals surface area (Å²) in [5.74, 6) is 0.487. The minimum Gasteiger partial charge on any atom is -0.316 e. The van der Waals surface area contributed by atoms with Crippen LogP contribution in [0.1, 0.15) is 24.4 Å². The lowest BCUT2D eigenvalue weighted by Crippen LogP contribution is -2.08. The fourth-order valence-corrected chi connectivity index (χ4v) is 2.69. The second-order valence-corrected chi connectivity index (χ2v) is 5.37. The molecule has 0 aliphatic carbocycles. The van der Waals surface area contributed by atoms with E-state index in [1.807, 2.05) is 18.6 Å². The second kappa shape index (κ2) is 7.29. The summed E-state index contributed by atoms with van der Waals surface area (Å²) < 4.78 is 0. The molecule has 98 valence electrons. The molecule has 1 N–H and O–H groups in total. The van der Waals surface area contributed by atoms with E-state index in [1.54, 1.807) is 11.3 Å². The largest absolute Gasteiger partial charge is 0.316 e. The molecule has 1 aromatic heterocycles. The van der Waals surface area contributed by atoms with Crippen molar-refractivity contribution in [2.24, 2.45) is 5.92 Å². The van der Waals surface area contributed by atoms with Gasteiger partial charge in [0, 0.05) is 6.54 Å². The first-order chi connectivity index (χ1) is 8.60. The first-order valence-corrected chi connectivity index (χ1v) is 7.06. The van der Waals surface area contributed by atoms with Gasteiger partial charge in [0.05, 0.1) is 16.1 Å². The Bertz CT molecular complexity index is 453. The normalized spacial score (nSPS) is 13.2. The van der Waals surface area contributed by atoms with Crippen molar-refractivity contribution < 1.29 is 0 Å². The summed E-state index contributed by atoms with van der Waals surface area (Å²) in [6, 6.07) is 0. The molecular formula is C15H22N2S. The van der Waals surface area contributed by atoms with E-state index in [9.17, 15) is 0 Å². The van der Waals surface area contributed by atoms with Crippen LogP contribution in [0, 0.1) is 12.8 Å². The molecule has 1 heterocycles. The molecule has 0 radical (unpaired) electrons. The van der Waals surface area contributed by atoms with E-state index in [2.05, 4.69) is 49.8 Å². The second-order valence-electron chi connectivity index (χ2n) is 4.52. The number of aryl methyl sites for hydroxylation is 1. The Labute approximate surface area is 114 Å². The molecule has 0 atom stereocenters. The molecule has 1 rings (SSSR count). The van der Waals surface area contributed by atoms with Gasteiger partial charge in [-0.05, 0) is 31.0 Å². The van der Waals surface area contributed by atoms with Crippen LogP contribution in [-0.4, -0.2) is 18.6 Å². The van der Waals surface area contributed by atoms with Crippen LogP contribution in [-0.2, 0) is 0 Å². The average molecular weight is 262 g/mol. The van der Waals surface area contributed by atoms with E-state index in [4.69, 9.17) is 0 Å². The molecule has 18 heavy (non-hydrogen) atoms. The summed E-state index contributed by atoms with van der Waals surface area (Å²) in [5.41, 5.74) is 5.55. The third kappa shape index (κ3) is 3.93. The Hall–Kier alpha value is -1.19. The lowest BCUT2D eigenvalue weighted by atomic mass is 9.99. The maximum absolute atomic E-state index is 4.33. The van der Waals surface area contributed by atoms with Crippen molar-refractivity contribution in [1.29, 1.82) is 0 Å².